The first kappa shape index (κ1) is 3.33. The predicted octanol–water partition coefficient (Wildman–Crippen LogP) is 2.44. The maximum atomic E-state index is 4.78. The van der Waals surface area contributed by atoms with Gasteiger partial charge in [0.25, 0.3) is 0 Å². The van der Waals surface area contributed by atoms with Crippen molar-refractivity contribution in [1.82, 2.24) is 0 Å². The van der Waals surface area contributed by atoms with Crippen molar-refractivity contribution < 1.29 is 3.98 Å². The molecule has 0 aliphatic rings. The SMILES string of the molecule is c1cpop1. The molecule has 1 rings (SSSR count). The van der Waals surface area contributed by atoms with Gasteiger partial charge >= 0.3 is 0 Å². The Labute approximate surface area is 33.4 Å². The fraction of sp³-hybridized carbons (Fsp3) is 0. The Kier molecular flexibility index (Phi) is 1.03. The van der Waals surface area contributed by atoms with E-state index in [2.05, 4.69) is 0 Å². The molecule has 0 atom stereocenters. The van der Waals surface area contributed by atoms with Crippen LogP contribution in [-0.2, 0) is 0 Å². The molecule has 0 saturated heterocycles. The van der Waals surface area contributed by atoms with Crippen LogP contribution in [0.5, 0.6) is 0 Å². The molecule has 1 aromatic rings. The minimum Gasteiger partial charge on any atom is -0.422 e. The summed E-state index contributed by atoms with van der Waals surface area (Å²) in [6.07, 6.45) is 0. The molecule has 1 aromatic heterocycles. The molecule has 0 aliphatic heterocycles. The Hall–Kier alpha value is 0.140. The van der Waals surface area contributed by atoms with Gasteiger partial charge in [-0.1, -0.05) is 0 Å². The van der Waals surface area contributed by atoms with Crippen LogP contribution in [0.2, 0.25) is 0 Å². The smallest absolute Gasteiger partial charge is 0.130 e. The van der Waals surface area contributed by atoms with Gasteiger partial charge in [-0.3, -0.25) is 0 Å². The van der Waals surface area contributed by atoms with Crippen LogP contribution in [0.25, 0.3) is 0 Å². The van der Waals surface area contributed by atoms with Gasteiger partial charge < -0.3 is 3.98 Å². The van der Waals surface area contributed by atoms with Crippen LogP contribution in [0.1, 0.15) is 0 Å². The number of hydrogen-bond acceptors (Lipinski definition) is 1. The lowest BCUT2D eigenvalue weighted by Gasteiger charge is -1.45. The number of hydrogen-bond donors (Lipinski definition) is 0. The second kappa shape index (κ2) is 1.55. The summed E-state index contributed by atoms with van der Waals surface area (Å²) in [4.78, 5) is 0. The molecular weight excluding hydrogens is 102 g/mol. The van der Waals surface area contributed by atoms with E-state index < -0.39 is 0 Å². The van der Waals surface area contributed by atoms with Crippen molar-refractivity contribution in [3.63, 3.8) is 0 Å². The summed E-state index contributed by atoms with van der Waals surface area (Å²) in [6.45, 7) is 0. The van der Waals surface area contributed by atoms with Crippen molar-refractivity contribution in [1.29, 1.82) is 0 Å². The van der Waals surface area contributed by atoms with Crippen LogP contribution in [0.3, 0.4) is 0 Å². The molecular formula is C2H2OP2. The minimum absolute atomic E-state index is 0.998. The molecule has 1 heterocycles. The summed E-state index contributed by atoms with van der Waals surface area (Å²) < 4.78 is 4.78. The molecule has 0 amide bonds. The molecule has 5 heavy (non-hydrogen) atoms. The topological polar surface area (TPSA) is 13.1 Å². The van der Waals surface area contributed by atoms with Crippen molar-refractivity contribution >= 4 is 16.9 Å². The van der Waals surface area contributed by atoms with Gasteiger partial charge in [0.1, 0.15) is 16.9 Å². The Morgan fingerprint density at radius 3 is 2.00 bits per heavy atom. The second-order valence-electron chi connectivity index (χ2n) is 0.591. The Bertz CT molecular complexity index is 64.1. The molecule has 0 radical (unpaired) electrons. The Morgan fingerprint density at radius 1 is 1.20 bits per heavy atom. The van der Waals surface area contributed by atoms with E-state index in [0.717, 1.165) is 16.9 Å². The van der Waals surface area contributed by atoms with Crippen LogP contribution < -0.4 is 0 Å². The van der Waals surface area contributed by atoms with Gasteiger partial charge in [-0.15, -0.1) is 0 Å². The van der Waals surface area contributed by atoms with Gasteiger partial charge in [0.05, 0.1) is 0 Å². The van der Waals surface area contributed by atoms with Crippen LogP contribution in [0, 0.1) is 0 Å². The van der Waals surface area contributed by atoms with Crippen molar-refractivity contribution in [2.45, 2.75) is 0 Å². The average Bonchev–Trinajstić information content (AvgIpc) is 1.76. The lowest BCUT2D eigenvalue weighted by atomic mass is 11.2. The maximum absolute atomic E-state index is 4.78. The molecule has 26 valence electrons. The highest BCUT2D eigenvalue weighted by atomic mass is 31.1. The fourth-order valence-electron chi connectivity index (χ4n) is 0.136. The van der Waals surface area contributed by atoms with Crippen molar-refractivity contribution in [2.24, 2.45) is 0 Å². The molecule has 0 fully saturated rings. The van der Waals surface area contributed by atoms with Crippen molar-refractivity contribution in [3.8, 4) is 0 Å². The highest BCUT2D eigenvalue weighted by Crippen LogP contribution is 2.12. The molecule has 0 spiro atoms. The Morgan fingerprint density at radius 2 is 1.80 bits per heavy atom. The third-order valence-corrected chi connectivity index (χ3v) is 1.81. The third-order valence-electron chi connectivity index (χ3n) is 0.283. The quantitative estimate of drug-likeness (QED) is 0.492. The summed E-state index contributed by atoms with van der Waals surface area (Å²) in [5.41, 5.74) is 0. The molecule has 0 bridgehead atoms. The van der Waals surface area contributed by atoms with E-state index in [0.29, 0.717) is 0 Å². The van der Waals surface area contributed by atoms with Gasteiger partial charge in [-0.05, 0) is 0 Å². The second-order valence-corrected chi connectivity index (χ2v) is 2.26. The summed E-state index contributed by atoms with van der Waals surface area (Å²) in [6, 6.07) is 0. The largest absolute Gasteiger partial charge is 0.422 e. The van der Waals surface area contributed by atoms with Crippen LogP contribution >= 0.6 is 16.9 Å². The van der Waals surface area contributed by atoms with Gasteiger partial charge in [-0.2, -0.15) is 0 Å². The van der Waals surface area contributed by atoms with Gasteiger partial charge in [0.2, 0.25) is 0 Å². The van der Waals surface area contributed by atoms with Crippen molar-refractivity contribution in [2.75, 3.05) is 0 Å². The summed E-state index contributed by atoms with van der Waals surface area (Å²) in [5.74, 6) is 3.95. The van der Waals surface area contributed by atoms with Gasteiger partial charge in [0.15, 0.2) is 0 Å². The van der Waals surface area contributed by atoms with Gasteiger partial charge in [0, 0.05) is 11.6 Å². The zero-order valence-electron chi connectivity index (χ0n) is 2.46. The molecule has 1 nitrogen and oxygen atoms in total. The van der Waals surface area contributed by atoms with Crippen LogP contribution in [-0.4, -0.2) is 0 Å². The molecule has 0 aliphatic carbocycles. The zero-order valence-corrected chi connectivity index (χ0v) is 4.25. The van der Waals surface area contributed by atoms with Gasteiger partial charge in [-0.25, -0.2) is 0 Å². The van der Waals surface area contributed by atoms with E-state index in [-0.39, 0.29) is 0 Å². The molecule has 3 heteroatoms. The van der Waals surface area contributed by atoms with E-state index in [9.17, 15) is 0 Å². The lowest BCUT2D eigenvalue weighted by molar-refractivity contribution is 0.853. The fourth-order valence-corrected chi connectivity index (χ4v) is 1.22. The molecule has 0 unspecified atom stereocenters. The first-order valence-electron chi connectivity index (χ1n) is 1.21. The highest BCUT2D eigenvalue weighted by Gasteiger charge is 1.62. The molecule has 0 N–H and O–H groups in total. The van der Waals surface area contributed by atoms with E-state index in [1.54, 1.807) is 0 Å². The summed E-state index contributed by atoms with van der Waals surface area (Å²) in [7, 11) is 2.00. The van der Waals surface area contributed by atoms with Crippen molar-refractivity contribution in [3.05, 3.63) is 11.6 Å². The molecule has 0 saturated carbocycles. The first-order chi connectivity index (χ1) is 2.50. The predicted molar refractivity (Wildman–Crippen MR) is 23.7 cm³/mol. The third kappa shape index (κ3) is 0.718. The Balaban J connectivity index is 3.13. The van der Waals surface area contributed by atoms with E-state index in [4.69, 9.17) is 3.98 Å². The molecule has 0 aromatic carbocycles. The maximum Gasteiger partial charge on any atom is 0.130 e. The minimum atomic E-state index is 0.998. The first-order valence-corrected chi connectivity index (χ1v) is 2.98. The van der Waals surface area contributed by atoms with E-state index in [1.165, 1.54) is 0 Å². The average molecular weight is 104 g/mol. The normalized spacial score (nSPS) is 11.2. The van der Waals surface area contributed by atoms with E-state index in [1.807, 2.05) is 11.6 Å². The standard InChI is InChI=1S/C2H2OP2/c1-2-5-3-4-1/h1-2H. The zero-order chi connectivity index (χ0) is 3.54. The van der Waals surface area contributed by atoms with Crippen LogP contribution in [0.15, 0.2) is 15.6 Å². The summed E-state index contributed by atoms with van der Waals surface area (Å²) >= 11 is 0. The highest BCUT2D eigenvalue weighted by molar-refractivity contribution is 7.34. The van der Waals surface area contributed by atoms with Crippen LogP contribution in [0.4, 0.5) is 0 Å². The summed E-state index contributed by atoms with van der Waals surface area (Å²) in [5, 5.41) is 0. The lowest BCUT2D eigenvalue weighted by Crippen LogP contribution is -1.01. The number of rotatable bonds is 0. The van der Waals surface area contributed by atoms with E-state index >= 15 is 0 Å². The monoisotopic (exact) mass is 104 g/mol.